The third-order valence-electron chi connectivity index (χ3n) is 1.97. The highest BCUT2D eigenvalue weighted by Crippen LogP contribution is 2.01. The Morgan fingerprint density at radius 1 is 1.36 bits per heavy atom. The summed E-state index contributed by atoms with van der Waals surface area (Å²) >= 11 is 0. The van der Waals surface area contributed by atoms with Crippen LogP contribution in [0.2, 0.25) is 0 Å². The van der Waals surface area contributed by atoms with Gasteiger partial charge in [-0.05, 0) is 5.56 Å². The van der Waals surface area contributed by atoms with Gasteiger partial charge in [-0.3, -0.25) is 4.79 Å². The summed E-state index contributed by atoms with van der Waals surface area (Å²) in [4.78, 5) is 23.1. The summed E-state index contributed by atoms with van der Waals surface area (Å²) in [7, 11) is 1.62. The van der Waals surface area contributed by atoms with E-state index >= 15 is 0 Å². The van der Waals surface area contributed by atoms with Gasteiger partial charge in [0.15, 0.2) is 0 Å². The van der Waals surface area contributed by atoms with E-state index in [-0.39, 0.29) is 12.5 Å². The van der Waals surface area contributed by atoms with E-state index in [0.717, 1.165) is 11.8 Å². The van der Waals surface area contributed by atoms with Gasteiger partial charge < -0.3 is 9.69 Å². The Morgan fingerprint density at radius 3 is 2.57 bits per heavy atom. The summed E-state index contributed by atoms with van der Waals surface area (Å²) in [5.74, 6) is -0.0386. The smallest absolute Gasteiger partial charge is 0.227 e. The monoisotopic (exact) mass is 191 g/mol. The largest absolute Gasteiger partial charge is 0.338 e. The number of likely N-dealkylation sites (N-methyl/N-ethyl adjacent to an activating group) is 1. The van der Waals surface area contributed by atoms with Crippen molar-refractivity contribution in [1.29, 1.82) is 0 Å². The molecule has 0 aliphatic rings. The van der Waals surface area contributed by atoms with Crippen LogP contribution in [0.3, 0.4) is 0 Å². The molecule has 0 aromatic heterocycles. The molecule has 0 spiro atoms. The molecule has 0 saturated heterocycles. The zero-order valence-corrected chi connectivity index (χ0v) is 8.14. The number of hydrogen-bond donors (Lipinski definition) is 0. The molecule has 3 nitrogen and oxygen atoms in total. The van der Waals surface area contributed by atoms with Crippen LogP contribution in [0.5, 0.6) is 0 Å². The van der Waals surface area contributed by atoms with E-state index in [1.165, 1.54) is 4.90 Å². The van der Waals surface area contributed by atoms with Crippen molar-refractivity contribution in [2.24, 2.45) is 0 Å². The second-order valence-corrected chi connectivity index (χ2v) is 3.10. The molecule has 14 heavy (non-hydrogen) atoms. The number of rotatable bonds is 4. The average Bonchev–Trinajstić information content (AvgIpc) is 2.19. The van der Waals surface area contributed by atoms with Crippen LogP contribution in [0.4, 0.5) is 0 Å². The Labute approximate surface area is 83.3 Å². The van der Waals surface area contributed by atoms with Crippen LogP contribution >= 0.6 is 0 Å². The lowest BCUT2D eigenvalue weighted by atomic mass is 10.1. The molecule has 0 bridgehead atoms. The van der Waals surface area contributed by atoms with E-state index in [9.17, 15) is 9.59 Å². The van der Waals surface area contributed by atoms with Crippen LogP contribution in [0.15, 0.2) is 30.3 Å². The molecule has 1 rings (SSSR count). The molecule has 0 heterocycles. The van der Waals surface area contributed by atoms with Crippen molar-refractivity contribution in [2.75, 3.05) is 13.6 Å². The van der Waals surface area contributed by atoms with Crippen molar-refractivity contribution in [3.05, 3.63) is 35.9 Å². The van der Waals surface area contributed by atoms with E-state index in [2.05, 4.69) is 0 Å². The fourth-order valence-corrected chi connectivity index (χ4v) is 1.12. The molecule has 74 valence electrons. The van der Waals surface area contributed by atoms with Gasteiger partial charge in [-0.1, -0.05) is 30.3 Å². The number of aldehydes is 1. The summed E-state index contributed by atoms with van der Waals surface area (Å²) in [6.07, 6.45) is 1.08. The lowest BCUT2D eigenvalue weighted by Crippen LogP contribution is -2.29. The number of carbonyl (C=O) groups is 2. The van der Waals surface area contributed by atoms with E-state index in [1.54, 1.807) is 7.05 Å². The minimum Gasteiger partial charge on any atom is -0.338 e. The minimum atomic E-state index is -0.0386. The predicted octanol–water partition coefficient (Wildman–Crippen LogP) is 0.886. The molecule has 0 aliphatic heterocycles. The molecule has 0 fully saturated rings. The summed E-state index contributed by atoms with van der Waals surface area (Å²) in [6, 6.07) is 9.48. The highest BCUT2D eigenvalue weighted by atomic mass is 16.2. The average molecular weight is 191 g/mol. The van der Waals surface area contributed by atoms with Crippen LogP contribution in [0.1, 0.15) is 5.56 Å². The van der Waals surface area contributed by atoms with Gasteiger partial charge in [0.05, 0.1) is 13.0 Å². The van der Waals surface area contributed by atoms with Gasteiger partial charge in [-0.25, -0.2) is 0 Å². The maximum atomic E-state index is 11.5. The summed E-state index contributed by atoms with van der Waals surface area (Å²) in [6.45, 7) is 0.158. The lowest BCUT2D eigenvalue weighted by Gasteiger charge is -2.13. The number of carbonyl (C=O) groups excluding carboxylic acids is 2. The van der Waals surface area contributed by atoms with Gasteiger partial charge in [0.1, 0.15) is 6.29 Å². The topological polar surface area (TPSA) is 37.4 Å². The predicted molar refractivity (Wildman–Crippen MR) is 53.8 cm³/mol. The first-order chi connectivity index (χ1) is 6.74. The van der Waals surface area contributed by atoms with Crippen molar-refractivity contribution >= 4 is 12.2 Å². The molecular formula is C11H13NO2. The number of amides is 1. The molecular weight excluding hydrogens is 178 g/mol. The maximum absolute atomic E-state index is 11.5. The highest BCUT2D eigenvalue weighted by molar-refractivity contribution is 5.80. The van der Waals surface area contributed by atoms with Gasteiger partial charge in [-0.2, -0.15) is 0 Å². The molecule has 0 unspecified atom stereocenters. The molecule has 0 atom stereocenters. The number of benzene rings is 1. The molecule has 1 aromatic carbocycles. The molecule has 0 radical (unpaired) electrons. The quantitative estimate of drug-likeness (QED) is 0.663. The molecule has 0 saturated carbocycles. The van der Waals surface area contributed by atoms with Gasteiger partial charge in [0.25, 0.3) is 0 Å². The lowest BCUT2D eigenvalue weighted by molar-refractivity contribution is -0.131. The molecule has 0 aliphatic carbocycles. The SMILES string of the molecule is CN(CC=O)C(=O)Cc1ccccc1. The molecule has 3 heteroatoms. The summed E-state index contributed by atoms with van der Waals surface area (Å²) in [5, 5.41) is 0. The fraction of sp³-hybridized carbons (Fsp3) is 0.273. The van der Waals surface area contributed by atoms with Crippen molar-refractivity contribution in [2.45, 2.75) is 6.42 Å². The fourth-order valence-electron chi connectivity index (χ4n) is 1.12. The van der Waals surface area contributed by atoms with E-state index < -0.39 is 0 Å². The Morgan fingerprint density at radius 2 is 2.00 bits per heavy atom. The second-order valence-electron chi connectivity index (χ2n) is 3.10. The van der Waals surface area contributed by atoms with Gasteiger partial charge in [0, 0.05) is 7.05 Å². The Balaban J connectivity index is 2.53. The van der Waals surface area contributed by atoms with E-state index in [0.29, 0.717) is 6.42 Å². The maximum Gasteiger partial charge on any atom is 0.227 e. The van der Waals surface area contributed by atoms with Crippen molar-refractivity contribution in [3.63, 3.8) is 0 Å². The second kappa shape index (κ2) is 5.17. The third-order valence-corrected chi connectivity index (χ3v) is 1.97. The number of nitrogens with zero attached hydrogens (tertiary/aromatic N) is 1. The van der Waals surface area contributed by atoms with Crippen LogP contribution in [0, 0.1) is 0 Å². The highest BCUT2D eigenvalue weighted by Gasteiger charge is 2.07. The first-order valence-electron chi connectivity index (χ1n) is 4.45. The van der Waals surface area contributed by atoms with Crippen molar-refractivity contribution in [3.8, 4) is 0 Å². The van der Waals surface area contributed by atoms with Gasteiger partial charge in [-0.15, -0.1) is 0 Å². The van der Waals surface area contributed by atoms with Gasteiger partial charge in [0.2, 0.25) is 5.91 Å². The van der Waals surface area contributed by atoms with Gasteiger partial charge >= 0.3 is 0 Å². The van der Waals surface area contributed by atoms with Crippen LogP contribution in [0.25, 0.3) is 0 Å². The van der Waals surface area contributed by atoms with Crippen LogP contribution in [-0.4, -0.2) is 30.7 Å². The standard InChI is InChI=1S/C11H13NO2/c1-12(7-8-13)11(14)9-10-5-3-2-4-6-10/h2-6,8H,7,9H2,1H3. The van der Waals surface area contributed by atoms with E-state index in [4.69, 9.17) is 0 Å². The Hall–Kier alpha value is -1.64. The van der Waals surface area contributed by atoms with E-state index in [1.807, 2.05) is 30.3 Å². The first-order valence-corrected chi connectivity index (χ1v) is 4.45. The zero-order chi connectivity index (χ0) is 10.4. The normalized spacial score (nSPS) is 9.50. The first kappa shape index (κ1) is 10.4. The third kappa shape index (κ3) is 3.01. The Bertz CT molecular complexity index is 308. The molecule has 1 aromatic rings. The molecule has 0 N–H and O–H groups in total. The Kier molecular flexibility index (Phi) is 3.85. The van der Waals surface area contributed by atoms with Crippen molar-refractivity contribution in [1.82, 2.24) is 4.90 Å². The van der Waals surface area contributed by atoms with Crippen LogP contribution in [-0.2, 0) is 16.0 Å². The number of hydrogen-bond acceptors (Lipinski definition) is 2. The minimum absolute atomic E-state index is 0.0386. The van der Waals surface area contributed by atoms with Crippen LogP contribution < -0.4 is 0 Å². The molecule has 1 amide bonds. The zero-order valence-electron chi connectivity index (χ0n) is 8.14. The summed E-state index contributed by atoms with van der Waals surface area (Å²) in [5.41, 5.74) is 0.968. The summed E-state index contributed by atoms with van der Waals surface area (Å²) < 4.78 is 0. The van der Waals surface area contributed by atoms with Crippen molar-refractivity contribution < 1.29 is 9.59 Å².